The number of hydrogen-bond acceptors (Lipinski definition) is 7. The Hall–Kier alpha value is -3.29. The molecule has 4 heterocycles. The molecule has 2 aliphatic heterocycles. The molecule has 1 atom stereocenters. The zero-order valence-electron chi connectivity index (χ0n) is 29.0. The molecule has 48 heavy (non-hydrogen) atoms. The van der Waals surface area contributed by atoms with Crippen molar-refractivity contribution in [2.24, 2.45) is 5.92 Å². The molecule has 0 bridgehead atoms. The van der Waals surface area contributed by atoms with Gasteiger partial charge in [0.2, 0.25) is 0 Å². The van der Waals surface area contributed by atoms with Gasteiger partial charge in [-0.2, -0.15) is 13.2 Å². The first-order valence-corrected chi connectivity index (χ1v) is 20.6. The van der Waals surface area contributed by atoms with Gasteiger partial charge in [-0.1, -0.05) is 31.8 Å². The first-order valence-electron chi connectivity index (χ1n) is 16.9. The lowest BCUT2D eigenvalue weighted by atomic mass is 9.88. The molecule has 1 amide bonds. The molecule has 13 heteroatoms. The molecule has 1 unspecified atom stereocenters. The number of piperidine rings is 1. The molecule has 0 saturated carbocycles. The number of morpholine rings is 1. The first kappa shape index (κ1) is 36.0. The van der Waals surface area contributed by atoms with Crippen molar-refractivity contribution in [2.45, 2.75) is 83.8 Å². The van der Waals surface area contributed by atoms with E-state index in [1.807, 2.05) is 24.4 Å². The molecule has 264 valence electrons. The number of rotatable bonds is 10. The number of amides is 1. The first-order chi connectivity index (χ1) is 22.6. The van der Waals surface area contributed by atoms with Gasteiger partial charge in [-0.25, -0.2) is 9.78 Å². The Morgan fingerprint density at radius 1 is 1.04 bits per heavy atom. The molecule has 2 aliphatic rings. The number of anilines is 2. The quantitative estimate of drug-likeness (QED) is 0.172. The van der Waals surface area contributed by atoms with Crippen LogP contribution in [-0.2, 0) is 20.9 Å². The normalized spacial score (nSPS) is 17.5. The van der Waals surface area contributed by atoms with Crippen LogP contribution in [-0.4, -0.2) is 92.4 Å². The standard InChI is InChI=1S/C35H50F3N5O4Si/c1-34(2,3)47-33(44)42-15-12-26(13-16-42)31(35(36,37)38)40-27-9-7-25(8-10-27)30-23-28-29(43(30)24-46-21-22-48(4,5)6)11-14-39-32(28)41-17-19-45-20-18-41/h7-11,14,23,26,31,40H,12-13,15-22,24H2,1-6H3. The third-order valence-electron chi connectivity index (χ3n) is 8.85. The smallest absolute Gasteiger partial charge is 0.410 e. The third-order valence-corrected chi connectivity index (χ3v) is 10.6. The highest BCUT2D eigenvalue weighted by Gasteiger charge is 2.46. The molecule has 5 rings (SSSR count). The Balaban J connectivity index is 1.36. The van der Waals surface area contributed by atoms with E-state index < -0.39 is 37.9 Å². The van der Waals surface area contributed by atoms with Crippen LogP contribution in [0.25, 0.3) is 22.2 Å². The molecule has 2 aromatic heterocycles. The topological polar surface area (TPSA) is 81.1 Å². The zero-order valence-corrected chi connectivity index (χ0v) is 30.0. The van der Waals surface area contributed by atoms with Crippen molar-refractivity contribution in [2.75, 3.05) is 56.2 Å². The number of hydrogen-bond donors (Lipinski definition) is 1. The van der Waals surface area contributed by atoms with Crippen LogP contribution < -0.4 is 10.2 Å². The highest BCUT2D eigenvalue weighted by molar-refractivity contribution is 6.76. The number of carbonyl (C=O) groups excluding carboxylic acids is 1. The Morgan fingerprint density at radius 2 is 1.71 bits per heavy atom. The Labute approximate surface area is 282 Å². The van der Waals surface area contributed by atoms with Gasteiger partial charge >= 0.3 is 12.3 Å². The van der Waals surface area contributed by atoms with Gasteiger partial charge < -0.3 is 33.9 Å². The van der Waals surface area contributed by atoms with Gasteiger partial charge in [0.15, 0.2) is 0 Å². The van der Waals surface area contributed by atoms with Crippen LogP contribution in [0.1, 0.15) is 33.6 Å². The van der Waals surface area contributed by atoms with Crippen LogP contribution in [0.3, 0.4) is 0 Å². The largest absolute Gasteiger partial charge is 0.444 e. The van der Waals surface area contributed by atoms with E-state index in [9.17, 15) is 18.0 Å². The van der Waals surface area contributed by atoms with Gasteiger partial charge in [0.05, 0.1) is 24.4 Å². The molecule has 0 spiro atoms. The minimum Gasteiger partial charge on any atom is -0.444 e. The fourth-order valence-corrected chi connectivity index (χ4v) is 6.99. The number of fused-ring (bicyclic) bond motifs is 1. The van der Waals surface area contributed by atoms with Crippen molar-refractivity contribution in [3.8, 4) is 11.3 Å². The lowest BCUT2D eigenvalue weighted by molar-refractivity contribution is -0.156. The SMILES string of the molecule is CC(C)(C)OC(=O)N1CCC(C(Nc2ccc(-c3cc4c(N5CCOCC5)nccc4n3COCC[Si](C)(C)C)cc2)C(F)(F)F)CC1. The lowest BCUT2D eigenvalue weighted by Gasteiger charge is -2.37. The number of pyridine rings is 1. The van der Waals surface area contributed by atoms with E-state index in [2.05, 4.69) is 40.5 Å². The van der Waals surface area contributed by atoms with Gasteiger partial charge in [0.1, 0.15) is 24.2 Å². The molecule has 0 aliphatic carbocycles. The second-order valence-corrected chi connectivity index (χ2v) is 20.6. The highest BCUT2D eigenvalue weighted by atomic mass is 28.3. The summed E-state index contributed by atoms with van der Waals surface area (Å²) in [5, 5.41) is 3.78. The average molecular weight is 690 g/mol. The Bertz CT molecular complexity index is 1520. The van der Waals surface area contributed by atoms with Crippen LogP contribution in [0.5, 0.6) is 0 Å². The number of nitrogens with one attached hydrogen (secondary N) is 1. The third kappa shape index (κ3) is 9.23. The molecule has 1 N–H and O–H groups in total. The van der Waals surface area contributed by atoms with Crippen molar-refractivity contribution in [3.63, 3.8) is 0 Å². The highest BCUT2D eigenvalue weighted by Crippen LogP contribution is 2.37. The van der Waals surface area contributed by atoms with Crippen molar-refractivity contribution < 1.29 is 32.2 Å². The van der Waals surface area contributed by atoms with Crippen LogP contribution in [0.4, 0.5) is 29.5 Å². The summed E-state index contributed by atoms with van der Waals surface area (Å²) in [6.45, 7) is 16.5. The summed E-state index contributed by atoms with van der Waals surface area (Å²) in [7, 11) is -1.28. The summed E-state index contributed by atoms with van der Waals surface area (Å²) in [5.74, 6) is 0.215. The van der Waals surface area contributed by atoms with Crippen LogP contribution >= 0.6 is 0 Å². The van der Waals surface area contributed by atoms with Crippen molar-refractivity contribution in [1.29, 1.82) is 0 Å². The predicted molar refractivity (Wildman–Crippen MR) is 186 cm³/mol. The second kappa shape index (κ2) is 14.7. The number of aromatic nitrogens is 2. The predicted octanol–water partition coefficient (Wildman–Crippen LogP) is 7.84. The van der Waals surface area contributed by atoms with E-state index >= 15 is 0 Å². The molecule has 3 aromatic rings. The van der Waals surface area contributed by atoms with Crippen LogP contribution in [0, 0.1) is 5.92 Å². The summed E-state index contributed by atoms with van der Waals surface area (Å²) in [6.07, 6.45) is -2.67. The van der Waals surface area contributed by atoms with E-state index in [0.717, 1.165) is 47.1 Å². The van der Waals surface area contributed by atoms with Gasteiger partial charge in [-0.15, -0.1) is 0 Å². The summed E-state index contributed by atoms with van der Waals surface area (Å²) in [5.41, 5.74) is 2.50. The second-order valence-electron chi connectivity index (χ2n) is 15.0. The Morgan fingerprint density at radius 3 is 2.31 bits per heavy atom. The number of nitrogens with zero attached hydrogens (tertiary/aromatic N) is 4. The lowest BCUT2D eigenvalue weighted by Crippen LogP contribution is -2.49. The molecule has 2 saturated heterocycles. The minimum absolute atomic E-state index is 0.221. The zero-order chi connectivity index (χ0) is 34.7. The van der Waals surface area contributed by atoms with E-state index in [4.69, 9.17) is 19.2 Å². The number of benzene rings is 1. The molecular formula is C35H50F3N5O4Si. The molecule has 9 nitrogen and oxygen atoms in total. The Kier molecular flexibility index (Phi) is 11.0. The number of halogens is 3. The van der Waals surface area contributed by atoms with E-state index in [1.54, 1.807) is 32.9 Å². The fourth-order valence-electron chi connectivity index (χ4n) is 6.24. The summed E-state index contributed by atoms with van der Waals surface area (Å²) in [6, 6.07) is 10.5. The van der Waals surface area contributed by atoms with Gasteiger partial charge in [-0.3, -0.25) is 0 Å². The maximum atomic E-state index is 14.4. The number of likely N-dealkylation sites (tertiary alicyclic amines) is 1. The van der Waals surface area contributed by atoms with Crippen molar-refractivity contribution >= 4 is 36.6 Å². The van der Waals surface area contributed by atoms with Crippen molar-refractivity contribution in [1.82, 2.24) is 14.5 Å². The minimum atomic E-state index is -4.46. The van der Waals surface area contributed by atoms with Crippen LogP contribution in [0.2, 0.25) is 25.7 Å². The van der Waals surface area contributed by atoms with E-state index in [1.165, 1.54) is 4.90 Å². The van der Waals surface area contributed by atoms with Gasteiger partial charge in [0.25, 0.3) is 0 Å². The fraction of sp³-hybridized carbons (Fsp3) is 0.600. The van der Waals surface area contributed by atoms with Gasteiger partial charge in [-0.05, 0) is 75.4 Å². The van der Waals surface area contributed by atoms with Crippen LogP contribution in [0.15, 0.2) is 42.6 Å². The summed E-state index contributed by atoms with van der Waals surface area (Å²) >= 11 is 0. The van der Waals surface area contributed by atoms with Crippen molar-refractivity contribution in [3.05, 3.63) is 42.6 Å². The van der Waals surface area contributed by atoms with E-state index in [0.29, 0.717) is 32.2 Å². The maximum Gasteiger partial charge on any atom is 0.410 e. The summed E-state index contributed by atoms with van der Waals surface area (Å²) < 4.78 is 62.5. The average Bonchev–Trinajstić information content (AvgIpc) is 3.39. The molecule has 1 aromatic carbocycles. The number of ether oxygens (including phenoxy) is 3. The molecule has 2 fully saturated rings. The van der Waals surface area contributed by atoms with E-state index in [-0.39, 0.29) is 25.9 Å². The number of carbonyl (C=O) groups is 1. The maximum absolute atomic E-state index is 14.4. The number of alkyl halides is 3. The molecular weight excluding hydrogens is 639 g/mol. The van der Waals surface area contributed by atoms with Gasteiger partial charge in [0, 0.05) is 58.1 Å². The molecule has 0 radical (unpaired) electrons. The summed E-state index contributed by atoms with van der Waals surface area (Å²) in [4.78, 5) is 20.9. The monoisotopic (exact) mass is 689 g/mol.